The minimum absolute atomic E-state index is 0.0239. The fourth-order valence-electron chi connectivity index (χ4n) is 5.48. The molecule has 1 unspecified atom stereocenters. The highest BCUT2D eigenvalue weighted by Gasteiger charge is 2.58. The molecule has 1 aromatic rings. The summed E-state index contributed by atoms with van der Waals surface area (Å²) >= 11 is 0. The molecule has 0 spiro atoms. The van der Waals surface area contributed by atoms with Crippen LogP contribution in [-0.2, 0) is 9.53 Å². The van der Waals surface area contributed by atoms with Crippen molar-refractivity contribution in [2.45, 2.75) is 56.2 Å². The third-order valence-corrected chi connectivity index (χ3v) is 6.83. The van der Waals surface area contributed by atoms with Crippen molar-refractivity contribution in [1.82, 2.24) is 15.3 Å². The molecule has 4 aliphatic rings. The molecule has 3 aliphatic heterocycles. The lowest BCUT2D eigenvalue weighted by atomic mass is 9.78. The molecule has 1 amide bonds. The Morgan fingerprint density at radius 3 is 2.75 bits per heavy atom. The van der Waals surface area contributed by atoms with Gasteiger partial charge in [-0.1, -0.05) is 0 Å². The maximum atomic E-state index is 13.7. The number of amides is 1. The Balaban J connectivity index is 1.30. The van der Waals surface area contributed by atoms with E-state index in [0.29, 0.717) is 38.2 Å². The van der Waals surface area contributed by atoms with Crippen LogP contribution in [0.3, 0.4) is 0 Å². The number of hydrogen-bond acceptors (Lipinski definition) is 6. The van der Waals surface area contributed by atoms with Crippen molar-refractivity contribution >= 4 is 11.7 Å². The van der Waals surface area contributed by atoms with Gasteiger partial charge in [0.05, 0.1) is 36.6 Å². The number of nitrogens with zero attached hydrogens (tertiary/aromatic N) is 3. The first-order valence-electron chi connectivity index (χ1n) is 9.86. The Hall–Kier alpha value is -1.87. The second-order valence-corrected chi connectivity index (χ2v) is 8.93. The minimum Gasteiger partial charge on any atom is -0.390 e. The van der Waals surface area contributed by atoms with Gasteiger partial charge in [0.25, 0.3) is 0 Å². The first-order chi connectivity index (χ1) is 13.3. The number of aliphatic hydroxyl groups excluding tert-OH is 1. The zero-order valence-corrected chi connectivity index (χ0v) is 15.6. The fourth-order valence-corrected chi connectivity index (χ4v) is 5.48. The lowest BCUT2D eigenvalue weighted by Gasteiger charge is -2.40. The SMILES string of the molecule is CC1(F)CC(NC(=O)C2C[C@@H]3O[C@H]2[C@H]2CN(c4cnc(F)cn4)C[C@H]2[C@@H]3O)C1. The molecule has 152 valence electrons. The predicted octanol–water partition coefficient (Wildman–Crippen LogP) is 0.823. The predicted molar refractivity (Wildman–Crippen MR) is 94.6 cm³/mol. The summed E-state index contributed by atoms with van der Waals surface area (Å²) in [7, 11) is 0. The van der Waals surface area contributed by atoms with Gasteiger partial charge < -0.3 is 20.1 Å². The van der Waals surface area contributed by atoms with E-state index >= 15 is 0 Å². The maximum Gasteiger partial charge on any atom is 0.231 e. The third-order valence-electron chi connectivity index (χ3n) is 6.83. The van der Waals surface area contributed by atoms with Gasteiger partial charge >= 0.3 is 0 Å². The molecule has 9 heteroatoms. The molecular weight excluding hydrogens is 370 g/mol. The average molecular weight is 394 g/mol. The molecule has 6 atom stereocenters. The van der Waals surface area contributed by atoms with E-state index in [4.69, 9.17) is 4.74 Å². The van der Waals surface area contributed by atoms with Crippen LogP contribution in [-0.4, -0.2) is 64.1 Å². The Morgan fingerprint density at radius 1 is 1.32 bits per heavy atom. The lowest BCUT2D eigenvalue weighted by molar-refractivity contribution is -0.142. The quantitative estimate of drug-likeness (QED) is 0.790. The van der Waals surface area contributed by atoms with Crippen molar-refractivity contribution in [3.63, 3.8) is 0 Å². The molecule has 4 fully saturated rings. The number of fused-ring (bicyclic) bond motifs is 4. The molecule has 1 saturated carbocycles. The van der Waals surface area contributed by atoms with Crippen LogP contribution < -0.4 is 10.2 Å². The molecule has 7 nitrogen and oxygen atoms in total. The van der Waals surface area contributed by atoms with Gasteiger partial charge in [-0.05, 0) is 13.3 Å². The summed E-state index contributed by atoms with van der Waals surface area (Å²) in [6, 6.07) is -0.127. The molecule has 0 aromatic carbocycles. The summed E-state index contributed by atoms with van der Waals surface area (Å²) in [5, 5.41) is 13.7. The van der Waals surface area contributed by atoms with Crippen LogP contribution in [0.15, 0.2) is 12.4 Å². The lowest BCUT2D eigenvalue weighted by Crippen LogP contribution is -2.54. The van der Waals surface area contributed by atoms with Gasteiger partial charge in [-0.2, -0.15) is 4.39 Å². The number of anilines is 1. The zero-order chi connectivity index (χ0) is 19.6. The molecule has 2 bridgehead atoms. The first-order valence-corrected chi connectivity index (χ1v) is 9.86. The standard InChI is InChI=1S/C19H24F2N4O3/c1-19(21)3-9(4-19)24-18(27)10-2-13-16(26)11-7-25(8-12(11)17(10)28-13)15-6-22-14(20)5-23-15/h5-6,9-13,16-17,26H,2-4,7-8H2,1H3,(H,24,27)/t9?,10?,11-,12+,13+,16+,17-,19?/m1/s1. The topological polar surface area (TPSA) is 87.6 Å². The van der Waals surface area contributed by atoms with Crippen LogP contribution in [0, 0.1) is 23.7 Å². The van der Waals surface area contributed by atoms with Gasteiger partial charge in [-0.3, -0.25) is 4.79 Å². The Labute approximate surface area is 161 Å². The Kier molecular flexibility index (Phi) is 4.10. The van der Waals surface area contributed by atoms with Crippen LogP contribution in [0.25, 0.3) is 0 Å². The van der Waals surface area contributed by atoms with Crippen LogP contribution in [0.2, 0.25) is 0 Å². The first kappa shape index (κ1) is 18.2. The summed E-state index contributed by atoms with van der Waals surface area (Å²) < 4.78 is 32.8. The second kappa shape index (κ2) is 6.32. The van der Waals surface area contributed by atoms with Gasteiger partial charge in [-0.25, -0.2) is 14.4 Å². The number of hydrogen-bond donors (Lipinski definition) is 2. The van der Waals surface area contributed by atoms with E-state index in [9.17, 15) is 18.7 Å². The fraction of sp³-hybridized carbons (Fsp3) is 0.737. The number of alkyl halides is 1. The molecule has 28 heavy (non-hydrogen) atoms. The van der Waals surface area contributed by atoms with Crippen LogP contribution in [0.1, 0.15) is 26.2 Å². The number of nitrogens with one attached hydrogen (secondary N) is 1. The molecule has 4 heterocycles. The monoisotopic (exact) mass is 394 g/mol. The van der Waals surface area contributed by atoms with E-state index < -0.39 is 17.7 Å². The Morgan fingerprint density at radius 2 is 2.07 bits per heavy atom. The molecule has 1 aliphatic carbocycles. The highest BCUT2D eigenvalue weighted by Crippen LogP contribution is 2.47. The van der Waals surface area contributed by atoms with Crippen LogP contribution >= 0.6 is 0 Å². The summed E-state index contributed by atoms with van der Waals surface area (Å²) in [4.78, 5) is 22.5. The van der Waals surface area contributed by atoms with Crippen molar-refractivity contribution in [1.29, 1.82) is 0 Å². The summed E-state index contributed by atoms with van der Waals surface area (Å²) in [5.41, 5.74) is -1.19. The Bertz CT molecular complexity index is 769. The van der Waals surface area contributed by atoms with E-state index in [1.807, 2.05) is 4.90 Å². The van der Waals surface area contributed by atoms with Crippen molar-refractivity contribution in [2.75, 3.05) is 18.0 Å². The molecule has 2 N–H and O–H groups in total. The average Bonchev–Trinajstić information content (AvgIpc) is 3.23. The number of aliphatic hydroxyl groups is 1. The number of carbonyl (C=O) groups excluding carboxylic acids is 1. The summed E-state index contributed by atoms with van der Waals surface area (Å²) in [6.07, 6.45) is 2.31. The highest BCUT2D eigenvalue weighted by atomic mass is 19.1. The maximum absolute atomic E-state index is 13.7. The molecule has 5 rings (SSSR count). The smallest absolute Gasteiger partial charge is 0.231 e. The van der Waals surface area contributed by atoms with Crippen molar-refractivity contribution in [3.05, 3.63) is 18.3 Å². The normalized spacial score (nSPS) is 44.1. The molecule has 1 aromatic heterocycles. The minimum atomic E-state index is -1.19. The van der Waals surface area contributed by atoms with Crippen LogP contribution in [0.5, 0.6) is 0 Å². The number of carbonyl (C=O) groups is 1. The summed E-state index contributed by atoms with van der Waals surface area (Å²) in [5.74, 6) is -0.604. The summed E-state index contributed by atoms with van der Waals surface area (Å²) in [6.45, 7) is 2.68. The number of rotatable bonds is 3. The van der Waals surface area contributed by atoms with Crippen molar-refractivity contribution in [3.8, 4) is 0 Å². The van der Waals surface area contributed by atoms with Gasteiger partial charge in [0.15, 0.2) is 0 Å². The van der Waals surface area contributed by atoms with E-state index in [0.717, 1.165) is 6.20 Å². The van der Waals surface area contributed by atoms with E-state index in [-0.39, 0.29) is 41.9 Å². The van der Waals surface area contributed by atoms with E-state index in [1.165, 1.54) is 6.20 Å². The number of ether oxygens (including phenoxy) is 1. The largest absolute Gasteiger partial charge is 0.390 e. The third kappa shape index (κ3) is 2.95. The number of aromatic nitrogens is 2. The van der Waals surface area contributed by atoms with Gasteiger partial charge in [0.2, 0.25) is 11.9 Å². The van der Waals surface area contributed by atoms with Gasteiger partial charge in [0, 0.05) is 43.8 Å². The van der Waals surface area contributed by atoms with Gasteiger partial charge in [-0.15, -0.1) is 0 Å². The molecule has 0 radical (unpaired) electrons. The van der Waals surface area contributed by atoms with Crippen LogP contribution in [0.4, 0.5) is 14.6 Å². The molecular formula is C19H24F2N4O3. The number of halogens is 2. The highest BCUT2D eigenvalue weighted by molar-refractivity contribution is 5.80. The van der Waals surface area contributed by atoms with Crippen molar-refractivity contribution in [2.24, 2.45) is 17.8 Å². The van der Waals surface area contributed by atoms with E-state index in [2.05, 4.69) is 15.3 Å². The second-order valence-electron chi connectivity index (χ2n) is 8.93. The zero-order valence-electron chi connectivity index (χ0n) is 15.6. The van der Waals surface area contributed by atoms with E-state index in [1.54, 1.807) is 6.92 Å². The van der Waals surface area contributed by atoms with Crippen molar-refractivity contribution < 1.29 is 23.4 Å². The van der Waals surface area contributed by atoms with Gasteiger partial charge in [0.1, 0.15) is 11.5 Å². The molecule has 3 saturated heterocycles.